The maximum Gasteiger partial charge on any atom is 0.213 e. The van der Waals surface area contributed by atoms with Crippen molar-refractivity contribution in [1.82, 2.24) is 4.98 Å². The van der Waals surface area contributed by atoms with Crippen molar-refractivity contribution in [2.24, 2.45) is 0 Å². The van der Waals surface area contributed by atoms with E-state index in [-0.39, 0.29) is 0 Å². The SMILES string of the molecule is COCCOCCOCCOCCOCCOc1ccc(Br)cn1. The van der Waals surface area contributed by atoms with Crippen LogP contribution in [0, 0.1) is 0 Å². The summed E-state index contributed by atoms with van der Waals surface area (Å²) in [6.07, 6.45) is 1.69. The topological polar surface area (TPSA) is 68.3 Å². The first-order valence-corrected chi connectivity index (χ1v) is 8.66. The summed E-state index contributed by atoms with van der Waals surface area (Å²) >= 11 is 3.32. The van der Waals surface area contributed by atoms with E-state index in [9.17, 15) is 0 Å². The molecule has 0 saturated carbocycles. The molecule has 0 aromatic carbocycles. The first-order chi connectivity index (χ1) is 11.8. The van der Waals surface area contributed by atoms with Crippen LogP contribution in [0.2, 0.25) is 0 Å². The number of pyridine rings is 1. The summed E-state index contributed by atoms with van der Waals surface area (Å²) in [5, 5.41) is 0. The summed E-state index contributed by atoms with van der Waals surface area (Å²) < 4.78 is 32.6. The molecule has 0 unspecified atom stereocenters. The second-order valence-electron chi connectivity index (χ2n) is 4.61. The largest absolute Gasteiger partial charge is 0.475 e. The van der Waals surface area contributed by atoms with Gasteiger partial charge in [0, 0.05) is 23.8 Å². The van der Waals surface area contributed by atoms with Gasteiger partial charge in [-0.1, -0.05) is 0 Å². The Morgan fingerprint density at radius 3 is 1.71 bits per heavy atom. The molecule has 1 heterocycles. The zero-order valence-corrected chi connectivity index (χ0v) is 15.7. The summed E-state index contributed by atoms with van der Waals surface area (Å²) in [6.45, 7) is 5.43. The van der Waals surface area contributed by atoms with Crippen molar-refractivity contribution in [3.8, 4) is 5.88 Å². The smallest absolute Gasteiger partial charge is 0.213 e. The van der Waals surface area contributed by atoms with Crippen LogP contribution in [0.5, 0.6) is 5.88 Å². The molecule has 7 nitrogen and oxygen atoms in total. The quantitative estimate of drug-likeness (QED) is 0.387. The number of methoxy groups -OCH3 is 1. The third-order valence-electron chi connectivity index (χ3n) is 2.73. The number of ether oxygens (including phenoxy) is 6. The highest BCUT2D eigenvalue weighted by Gasteiger charge is 1.96. The van der Waals surface area contributed by atoms with E-state index in [1.807, 2.05) is 6.07 Å². The predicted octanol–water partition coefficient (Wildman–Crippen LogP) is 1.94. The average molecular weight is 408 g/mol. The first-order valence-electron chi connectivity index (χ1n) is 7.87. The van der Waals surface area contributed by atoms with Crippen LogP contribution in [0.1, 0.15) is 0 Å². The molecule has 24 heavy (non-hydrogen) atoms. The Morgan fingerprint density at radius 2 is 1.25 bits per heavy atom. The maximum atomic E-state index is 5.43. The molecule has 0 saturated heterocycles. The van der Waals surface area contributed by atoms with Crippen molar-refractivity contribution in [2.75, 3.05) is 73.2 Å². The van der Waals surface area contributed by atoms with Crippen molar-refractivity contribution >= 4 is 15.9 Å². The van der Waals surface area contributed by atoms with Crippen molar-refractivity contribution < 1.29 is 28.4 Å². The fraction of sp³-hybridized carbons (Fsp3) is 0.688. The van der Waals surface area contributed by atoms with Gasteiger partial charge in [0.1, 0.15) is 6.61 Å². The lowest BCUT2D eigenvalue weighted by atomic mass is 10.5. The average Bonchev–Trinajstić information content (AvgIpc) is 2.60. The minimum Gasteiger partial charge on any atom is -0.475 e. The van der Waals surface area contributed by atoms with Crippen molar-refractivity contribution in [2.45, 2.75) is 0 Å². The Hall–Kier alpha value is -0.770. The van der Waals surface area contributed by atoms with E-state index in [4.69, 9.17) is 28.4 Å². The molecule has 8 heteroatoms. The van der Waals surface area contributed by atoms with Crippen LogP contribution in [0.25, 0.3) is 0 Å². The summed E-state index contributed by atoms with van der Waals surface area (Å²) in [6, 6.07) is 3.68. The van der Waals surface area contributed by atoms with Crippen molar-refractivity contribution in [3.63, 3.8) is 0 Å². The number of hydrogen-bond donors (Lipinski definition) is 0. The van der Waals surface area contributed by atoms with Gasteiger partial charge < -0.3 is 28.4 Å². The monoisotopic (exact) mass is 407 g/mol. The van der Waals surface area contributed by atoms with Crippen LogP contribution >= 0.6 is 15.9 Å². The number of rotatable bonds is 16. The van der Waals surface area contributed by atoms with E-state index < -0.39 is 0 Å². The molecule has 1 aromatic heterocycles. The Bertz CT molecular complexity index is 393. The van der Waals surface area contributed by atoms with Crippen LogP contribution in [0.4, 0.5) is 0 Å². The van der Waals surface area contributed by atoms with Gasteiger partial charge in [-0.3, -0.25) is 0 Å². The van der Waals surface area contributed by atoms with Crippen molar-refractivity contribution in [1.29, 1.82) is 0 Å². The van der Waals surface area contributed by atoms with E-state index in [0.29, 0.717) is 71.9 Å². The maximum absolute atomic E-state index is 5.43. The number of aromatic nitrogens is 1. The number of hydrogen-bond acceptors (Lipinski definition) is 7. The summed E-state index contributed by atoms with van der Waals surface area (Å²) in [4.78, 5) is 4.10. The second-order valence-corrected chi connectivity index (χ2v) is 5.52. The zero-order chi connectivity index (χ0) is 17.3. The predicted molar refractivity (Wildman–Crippen MR) is 92.6 cm³/mol. The minimum atomic E-state index is 0.459. The van der Waals surface area contributed by atoms with Crippen molar-refractivity contribution in [3.05, 3.63) is 22.8 Å². The molecule has 0 spiro atoms. The molecule has 0 aliphatic rings. The molecule has 0 atom stereocenters. The highest BCUT2D eigenvalue weighted by atomic mass is 79.9. The van der Waals surface area contributed by atoms with Gasteiger partial charge in [-0.05, 0) is 22.0 Å². The summed E-state index contributed by atoms with van der Waals surface area (Å²) in [5.74, 6) is 0.585. The van der Waals surface area contributed by atoms with Gasteiger partial charge in [0.25, 0.3) is 0 Å². The second kappa shape index (κ2) is 15.7. The fourth-order valence-corrected chi connectivity index (χ4v) is 1.79. The Balaban J connectivity index is 1.75. The standard InChI is InChI=1S/C16H26BrNO6/c1-19-4-5-20-6-7-21-8-9-22-10-11-23-12-13-24-16-3-2-15(17)14-18-16/h2-3,14H,4-13H2,1H3. The first kappa shape index (κ1) is 21.3. The lowest BCUT2D eigenvalue weighted by Gasteiger charge is -2.08. The number of nitrogens with zero attached hydrogens (tertiary/aromatic N) is 1. The highest BCUT2D eigenvalue weighted by molar-refractivity contribution is 9.10. The van der Waals surface area contributed by atoms with Gasteiger partial charge in [0.05, 0.1) is 59.5 Å². The molecule has 0 bridgehead atoms. The molecule has 0 aliphatic carbocycles. The van der Waals surface area contributed by atoms with Gasteiger partial charge in [-0.2, -0.15) is 0 Å². The highest BCUT2D eigenvalue weighted by Crippen LogP contribution is 2.11. The molecular formula is C16H26BrNO6. The summed E-state index contributed by atoms with van der Waals surface area (Å²) in [5.41, 5.74) is 0. The van der Waals surface area contributed by atoms with Gasteiger partial charge in [0.2, 0.25) is 5.88 Å². The third-order valence-corrected chi connectivity index (χ3v) is 3.19. The molecule has 0 radical (unpaired) electrons. The van der Waals surface area contributed by atoms with Crippen LogP contribution in [0.15, 0.2) is 22.8 Å². The lowest BCUT2D eigenvalue weighted by molar-refractivity contribution is -0.00987. The van der Waals surface area contributed by atoms with Gasteiger partial charge in [-0.15, -0.1) is 0 Å². The molecular weight excluding hydrogens is 382 g/mol. The molecule has 0 N–H and O–H groups in total. The van der Waals surface area contributed by atoms with E-state index in [0.717, 1.165) is 4.47 Å². The Labute approximate surface area is 151 Å². The zero-order valence-electron chi connectivity index (χ0n) is 14.1. The van der Waals surface area contributed by atoms with Crippen LogP contribution in [-0.2, 0) is 23.7 Å². The van der Waals surface area contributed by atoms with Gasteiger partial charge in [-0.25, -0.2) is 4.98 Å². The lowest BCUT2D eigenvalue weighted by Crippen LogP contribution is -2.14. The van der Waals surface area contributed by atoms with E-state index in [1.54, 1.807) is 19.4 Å². The van der Waals surface area contributed by atoms with Gasteiger partial charge in [0.15, 0.2) is 0 Å². The summed E-state index contributed by atoms with van der Waals surface area (Å²) in [7, 11) is 1.65. The molecule has 138 valence electrons. The molecule has 1 rings (SSSR count). The van der Waals surface area contributed by atoms with Crippen LogP contribution in [-0.4, -0.2) is 78.2 Å². The Morgan fingerprint density at radius 1 is 0.750 bits per heavy atom. The Kier molecular flexibility index (Phi) is 14.0. The van der Waals surface area contributed by atoms with E-state index >= 15 is 0 Å². The van der Waals surface area contributed by atoms with Crippen LogP contribution in [0.3, 0.4) is 0 Å². The normalized spacial score (nSPS) is 10.9. The molecule has 0 amide bonds. The number of halogens is 1. The molecule has 0 fully saturated rings. The van der Waals surface area contributed by atoms with E-state index in [1.165, 1.54) is 0 Å². The van der Waals surface area contributed by atoms with Crippen LogP contribution < -0.4 is 4.74 Å². The fourth-order valence-electron chi connectivity index (χ4n) is 1.56. The van der Waals surface area contributed by atoms with E-state index in [2.05, 4.69) is 20.9 Å². The van der Waals surface area contributed by atoms with Gasteiger partial charge >= 0.3 is 0 Å². The molecule has 0 aliphatic heterocycles. The third kappa shape index (κ3) is 12.6. The molecule has 1 aromatic rings. The minimum absolute atomic E-state index is 0.459.